The van der Waals surface area contributed by atoms with Crippen LogP contribution in [0.15, 0.2) is 45.3 Å². The van der Waals surface area contributed by atoms with Crippen LogP contribution in [0.3, 0.4) is 0 Å². The van der Waals surface area contributed by atoms with Gasteiger partial charge in [0.2, 0.25) is 0 Å². The zero-order chi connectivity index (χ0) is 14.0. The number of nitrogens with two attached hydrogens (primary N) is 1. The Kier molecular flexibility index (Phi) is 4.21. The molecule has 0 aromatic heterocycles. The van der Waals surface area contributed by atoms with Crippen LogP contribution in [0.25, 0.3) is 0 Å². The first-order chi connectivity index (χ1) is 8.99. The highest BCUT2D eigenvalue weighted by molar-refractivity contribution is 9.11. The van der Waals surface area contributed by atoms with Crippen LogP contribution in [0.1, 0.15) is 10.4 Å². The number of hydrogen-bond acceptors (Lipinski definition) is 2. The van der Waals surface area contributed by atoms with Crippen molar-refractivity contribution in [2.75, 3.05) is 11.1 Å². The van der Waals surface area contributed by atoms with Crippen molar-refractivity contribution in [2.45, 2.75) is 0 Å². The lowest BCUT2D eigenvalue weighted by atomic mass is 10.2. The SMILES string of the molecule is Nc1cccc(F)c1NC(=O)c1cc(Br)ccc1Br. The highest BCUT2D eigenvalue weighted by atomic mass is 79.9. The number of anilines is 2. The van der Waals surface area contributed by atoms with Gasteiger partial charge in [-0.25, -0.2) is 4.39 Å². The molecule has 0 saturated carbocycles. The van der Waals surface area contributed by atoms with Gasteiger partial charge in [-0.1, -0.05) is 22.0 Å². The second-order valence-corrected chi connectivity index (χ2v) is 5.55. The smallest absolute Gasteiger partial charge is 0.256 e. The van der Waals surface area contributed by atoms with Crippen molar-refractivity contribution < 1.29 is 9.18 Å². The zero-order valence-electron chi connectivity index (χ0n) is 9.58. The quantitative estimate of drug-likeness (QED) is 0.759. The van der Waals surface area contributed by atoms with Gasteiger partial charge in [-0.15, -0.1) is 0 Å². The molecule has 3 nitrogen and oxygen atoms in total. The molecule has 0 bridgehead atoms. The van der Waals surface area contributed by atoms with Crippen molar-refractivity contribution in [1.82, 2.24) is 0 Å². The Morgan fingerprint density at radius 2 is 1.95 bits per heavy atom. The Morgan fingerprint density at radius 1 is 1.21 bits per heavy atom. The fourth-order valence-electron chi connectivity index (χ4n) is 1.53. The van der Waals surface area contributed by atoms with Gasteiger partial charge in [0, 0.05) is 8.95 Å². The van der Waals surface area contributed by atoms with Crippen LogP contribution in [-0.4, -0.2) is 5.91 Å². The molecule has 0 radical (unpaired) electrons. The van der Waals surface area contributed by atoms with Crippen LogP contribution in [-0.2, 0) is 0 Å². The minimum absolute atomic E-state index is 0.0145. The van der Waals surface area contributed by atoms with Crippen molar-refractivity contribution in [3.8, 4) is 0 Å². The van der Waals surface area contributed by atoms with E-state index in [1.165, 1.54) is 18.2 Å². The lowest BCUT2D eigenvalue weighted by molar-refractivity contribution is 0.102. The molecule has 1 amide bonds. The molecule has 2 aromatic carbocycles. The third kappa shape index (κ3) is 3.13. The summed E-state index contributed by atoms with van der Waals surface area (Å²) < 4.78 is 15.0. The molecule has 0 aliphatic heterocycles. The van der Waals surface area contributed by atoms with Gasteiger partial charge in [-0.05, 0) is 46.3 Å². The summed E-state index contributed by atoms with van der Waals surface area (Å²) in [5.74, 6) is -1.01. The van der Waals surface area contributed by atoms with Crippen LogP contribution in [0, 0.1) is 5.82 Å². The first-order valence-electron chi connectivity index (χ1n) is 5.29. The van der Waals surface area contributed by atoms with E-state index in [2.05, 4.69) is 37.2 Å². The van der Waals surface area contributed by atoms with Gasteiger partial charge in [0.05, 0.1) is 11.3 Å². The normalized spacial score (nSPS) is 10.3. The number of nitrogens with one attached hydrogen (secondary N) is 1. The number of benzene rings is 2. The lowest BCUT2D eigenvalue weighted by Crippen LogP contribution is -2.15. The van der Waals surface area contributed by atoms with Gasteiger partial charge in [0.1, 0.15) is 11.5 Å². The highest BCUT2D eigenvalue weighted by Gasteiger charge is 2.14. The predicted molar refractivity (Wildman–Crippen MR) is 80.6 cm³/mol. The fraction of sp³-hybridized carbons (Fsp3) is 0. The number of carbonyl (C=O) groups is 1. The third-order valence-corrected chi connectivity index (χ3v) is 3.64. The summed E-state index contributed by atoms with van der Waals surface area (Å²) >= 11 is 6.55. The van der Waals surface area contributed by atoms with Crippen LogP contribution in [0.4, 0.5) is 15.8 Å². The molecule has 0 aliphatic carbocycles. The van der Waals surface area contributed by atoms with Crippen LogP contribution in [0.2, 0.25) is 0 Å². The molecular formula is C13H9Br2FN2O. The van der Waals surface area contributed by atoms with Crippen LogP contribution in [0.5, 0.6) is 0 Å². The topological polar surface area (TPSA) is 55.1 Å². The van der Waals surface area contributed by atoms with E-state index in [4.69, 9.17) is 5.73 Å². The van der Waals surface area contributed by atoms with E-state index in [-0.39, 0.29) is 11.4 Å². The van der Waals surface area contributed by atoms with Crippen molar-refractivity contribution in [2.24, 2.45) is 0 Å². The number of rotatable bonds is 2. The molecule has 0 atom stereocenters. The second kappa shape index (κ2) is 5.71. The monoisotopic (exact) mass is 386 g/mol. The minimum Gasteiger partial charge on any atom is -0.397 e. The first-order valence-corrected chi connectivity index (χ1v) is 6.88. The zero-order valence-corrected chi connectivity index (χ0v) is 12.8. The maximum atomic E-state index is 13.6. The second-order valence-electron chi connectivity index (χ2n) is 3.78. The molecule has 98 valence electrons. The molecule has 6 heteroatoms. The lowest BCUT2D eigenvalue weighted by Gasteiger charge is -2.10. The maximum Gasteiger partial charge on any atom is 0.256 e. The van der Waals surface area contributed by atoms with Gasteiger partial charge < -0.3 is 11.1 Å². The molecule has 3 N–H and O–H groups in total. The number of para-hydroxylation sites is 1. The predicted octanol–water partition coefficient (Wildman–Crippen LogP) is 4.19. The fourth-order valence-corrected chi connectivity index (χ4v) is 2.31. The van der Waals surface area contributed by atoms with E-state index in [0.29, 0.717) is 10.0 Å². The van der Waals surface area contributed by atoms with Crippen molar-refractivity contribution >= 4 is 49.1 Å². The molecule has 0 saturated heterocycles. The van der Waals surface area contributed by atoms with Gasteiger partial charge in [-0.3, -0.25) is 4.79 Å². The molecule has 0 aliphatic rings. The summed E-state index contributed by atoms with van der Waals surface area (Å²) in [6.45, 7) is 0. The van der Waals surface area contributed by atoms with Crippen LogP contribution >= 0.6 is 31.9 Å². The Hall–Kier alpha value is -1.40. The van der Waals surface area contributed by atoms with Gasteiger partial charge in [0.15, 0.2) is 0 Å². The van der Waals surface area contributed by atoms with Crippen LogP contribution < -0.4 is 11.1 Å². The molecular weight excluding hydrogens is 379 g/mol. The third-order valence-electron chi connectivity index (χ3n) is 2.46. The molecule has 0 heterocycles. The Balaban J connectivity index is 2.34. The molecule has 0 unspecified atom stereocenters. The standard InChI is InChI=1S/C13H9Br2FN2O/c14-7-4-5-9(15)8(6-7)13(19)18-12-10(16)2-1-3-11(12)17/h1-6H,17H2,(H,18,19). The van der Waals surface area contributed by atoms with Gasteiger partial charge in [0.25, 0.3) is 5.91 Å². The summed E-state index contributed by atoms with van der Waals surface area (Å²) in [5, 5.41) is 2.47. The van der Waals surface area contributed by atoms with E-state index in [9.17, 15) is 9.18 Å². The molecule has 0 fully saturated rings. The first kappa shape index (κ1) is 14.0. The number of nitrogen functional groups attached to an aromatic ring is 1. The van der Waals surface area contributed by atoms with Crippen molar-refractivity contribution in [1.29, 1.82) is 0 Å². The summed E-state index contributed by atoms with van der Waals surface area (Å²) in [6.07, 6.45) is 0. The summed E-state index contributed by atoms with van der Waals surface area (Å²) in [4.78, 5) is 12.1. The van der Waals surface area contributed by atoms with E-state index in [1.54, 1.807) is 18.2 Å². The number of halogens is 3. The summed E-state index contributed by atoms with van der Waals surface area (Å²) in [6, 6.07) is 9.39. The minimum atomic E-state index is -0.570. The Labute approximate surface area is 126 Å². The summed E-state index contributed by atoms with van der Waals surface area (Å²) in [5.41, 5.74) is 6.19. The number of amides is 1. The van der Waals surface area contributed by atoms with Gasteiger partial charge >= 0.3 is 0 Å². The molecule has 0 spiro atoms. The molecule has 19 heavy (non-hydrogen) atoms. The van der Waals surface area contributed by atoms with E-state index in [0.717, 1.165) is 4.47 Å². The Bertz CT molecular complexity index is 626. The largest absolute Gasteiger partial charge is 0.397 e. The molecule has 2 rings (SSSR count). The Morgan fingerprint density at radius 3 is 2.63 bits per heavy atom. The van der Waals surface area contributed by atoms with E-state index in [1.807, 2.05) is 0 Å². The highest BCUT2D eigenvalue weighted by Crippen LogP contribution is 2.26. The average Bonchev–Trinajstić information content (AvgIpc) is 2.37. The average molecular weight is 388 g/mol. The number of hydrogen-bond donors (Lipinski definition) is 2. The van der Waals surface area contributed by atoms with Crippen molar-refractivity contribution in [3.05, 3.63) is 56.7 Å². The van der Waals surface area contributed by atoms with E-state index < -0.39 is 11.7 Å². The van der Waals surface area contributed by atoms with Crippen molar-refractivity contribution in [3.63, 3.8) is 0 Å². The maximum absolute atomic E-state index is 13.6. The number of carbonyl (C=O) groups excluding carboxylic acids is 1. The summed E-state index contributed by atoms with van der Waals surface area (Å²) in [7, 11) is 0. The molecule has 2 aromatic rings. The van der Waals surface area contributed by atoms with E-state index >= 15 is 0 Å². The van der Waals surface area contributed by atoms with Gasteiger partial charge in [-0.2, -0.15) is 0 Å².